The number of hydrogen-bond donors (Lipinski definition) is 1. The van der Waals surface area contributed by atoms with Gasteiger partial charge in [-0.15, -0.1) is 0 Å². The van der Waals surface area contributed by atoms with E-state index in [4.69, 9.17) is 11.6 Å². The number of piperazine rings is 1. The molecule has 0 radical (unpaired) electrons. The summed E-state index contributed by atoms with van der Waals surface area (Å²) in [5, 5.41) is 6.30. The van der Waals surface area contributed by atoms with Gasteiger partial charge in [-0.1, -0.05) is 35.9 Å². The molecule has 0 aliphatic carbocycles. The van der Waals surface area contributed by atoms with Crippen molar-refractivity contribution in [3.63, 3.8) is 0 Å². The fourth-order valence-corrected chi connectivity index (χ4v) is 5.11. The van der Waals surface area contributed by atoms with Gasteiger partial charge in [0.15, 0.2) is 0 Å². The summed E-state index contributed by atoms with van der Waals surface area (Å²) in [7, 11) is 0. The highest BCUT2D eigenvalue weighted by molar-refractivity contribution is 6.30. The molecule has 1 saturated heterocycles. The number of benzene rings is 3. The minimum absolute atomic E-state index is 0.0322. The molecule has 1 aromatic heterocycles. The minimum Gasteiger partial charge on any atom is -0.369 e. The number of fused-ring (bicyclic) bond motifs is 3. The number of rotatable bonds is 5. The van der Waals surface area contributed by atoms with Crippen molar-refractivity contribution < 1.29 is 4.79 Å². The summed E-state index contributed by atoms with van der Waals surface area (Å²) >= 11 is 6.15. The van der Waals surface area contributed by atoms with Crippen molar-refractivity contribution in [2.24, 2.45) is 0 Å². The Morgan fingerprint density at radius 2 is 1.70 bits per heavy atom. The molecule has 1 aliphatic rings. The van der Waals surface area contributed by atoms with Crippen LogP contribution in [0.4, 0.5) is 11.4 Å². The third kappa shape index (κ3) is 4.19. The number of para-hydroxylation sites is 1. The fraction of sp³-hybridized carbons (Fsp3) is 0.296. The van der Waals surface area contributed by atoms with Gasteiger partial charge < -0.3 is 14.8 Å². The Bertz CT molecular complexity index is 1310. The second-order valence-corrected chi connectivity index (χ2v) is 9.10. The summed E-state index contributed by atoms with van der Waals surface area (Å²) in [4.78, 5) is 17.7. The molecule has 0 bridgehead atoms. The highest BCUT2D eigenvalue weighted by Gasteiger charge is 2.26. The van der Waals surface area contributed by atoms with Crippen molar-refractivity contribution >= 4 is 50.7 Å². The van der Waals surface area contributed by atoms with Gasteiger partial charge in [-0.3, -0.25) is 9.69 Å². The SMILES string of the molecule is CCn1c2ccccc2c2cc(NC(=O)[C@H](C)N3CCN(c4cccc(Cl)c4)CC3)ccc21. The van der Waals surface area contributed by atoms with Gasteiger partial charge in [0.05, 0.1) is 6.04 Å². The highest BCUT2D eigenvalue weighted by Crippen LogP contribution is 2.31. The van der Waals surface area contributed by atoms with Crippen LogP contribution in [0.25, 0.3) is 21.8 Å². The van der Waals surface area contributed by atoms with E-state index >= 15 is 0 Å². The largest absolute Gasteiger partial charge is 0.369 e. The van der Waals surface area contributed by atoms with Crippen molar-refractivity contribution in [3.05, 3.63) is 71.8 Å². The molecule has 6 heteroatoms. The van der Waals surface area contributed by atoms with E-state index in [1.165, 1.54) is 21.8 Å². The molecule has 0 saturated carbocycles. The average Bonchev–Trinajstić information content (AvgIpc) is 3.16. The minimum atomic E-state index is -0.195. The number of carbonyl (C=O) groups excluding carboxylic acids is 1. The number of hydrogen-bond acceptors (Lipinski definition) is 3. The summed E-state index contributed by atoms with van der Waals surface area (Å²) in [6.45, 7) is 8.49. The van der Waals surface area contributed by atoms with Gasteiger partial charge in [0, 0.05) is 70.9 Å². The van der Waals surface area contributed by atoms with Gasteiger partial charge in [-0.2, -0.15) is 0 Å². The van der Waals surface area contributed by atoms with Crippen LogP contribution in [-0.2, 0) is 11.3 Å². The van der Waals surface area contributed by atoms with Crippen LogP contribution in [-0.4, -0.2) is 47.6 Å². The molecule has 2 heterocycles. The summed E-state index contributed by atoms with van der Waals surface area (Å²) < 4.78 is 2.32. The number of aromatic nitrogens is 1. The van der Waals surface area contributed by atoms with Crippen LogP contribution in [0.5, 0.6) is 0 Å². The summed E-state index contributed by atoms with van der Waals surface area (Å²) in [5.74, 6) is 0.0322. The van der Waals surface area contributed by atoms with Crippen LogP contribution in [0.1, 0.15) is 13.8 Å². The lowest BCUT2D eigenvalue weighted by Gasteiger charge is -2.38. The van der Waals surface area contributed by atoms with Crippen LogP contribution >= 0.6 is 11.6 Å². The maximum atomic E-state index is 13.1. The average molecular weight is 461 g/mol. The lowest BCUT2D eigenvalue weighted by atomic mass is 10.1. The second kappa shape index (κ2) is 9.08. The van der Waals surface area contributed by atoms with Crippen LogP contribution in [0.2, 0.25) is 5.02 Å². The van der Waals surface area contributed by atoms with Crippen molar-refractivity contribution in [2.75, 3.05) is 36.4 Å². The number of carbonyl (C=O) groups is 1. The quantitative estimate of drug-likeness (QED) is 0.420. The van der Waals surface area contributed by atoms with E-state index in [0.717, 1.165) is 49.1 Å². The highest BCUT2D eigenvalue weighted by atomic mass is 35.5. The zero-order valence-corrected chi connectivity index (χ0v) is 19.8. The van der Waals surface area contributed by atoms with Crippen molar-refractivity contribution in [2.45, 2.75) is 26.4 Å². The Morgan fingerprint density at radius 1 is 0.939 bits per heavy atom. The molecule has 1 aliphatic heterocycles. The predicted octanol–water partition coefficient (Wildman–Crippen LogP) is 5.62. The maximum Gasteiger partial charge on any atom is 0.241 e. The van der Waals surface area contributed by atoms with Gasteiger partial charge in [-0.25, -0.2) is 0 Å². The molecule has 0 spiro atoms. The molecular weight excluding hydrogens is 432 g/mol. The summed E-state index contributed by atoms with van der Waals surface area (Å²) in [6, 6.07) is 22.4. The number of aryl methyl sites for hydroxylation is 1. The molecule has 1 N–H and O–H groups in total. The maximum absolute atomic E-state index is 13.1. The molecule has 1 fully saturated rings. The number of nitrogens with zero attached hydrogens (tertiary/aromatic N) is 3. The third-order valence-corrected chi connectivity index (χ3v) is 7.01. The van der Waals surface area contributed by atoms with Crippen molar-refractivity contribution in [1.82, 2.24) is 9.47 Å². The van der Waals surface area contributed by atoms with Gasteiger partial charge in [0.2, 0.25) is 5.91 Å². The van der Waals surface area contributed by atoms with E-state index in [9.17, 15) is 4.79 Å². The standard InChI is InChI=1S/C27H29ClN4O/c1-3-32-25-10-5-4-9-23(25)24-18-21(11-12-26(24)32)29-27(33)19(2)30-13-15-31(16-14-30)22-8-6-7-20(28)17-22/h4-12,17-19H,3,13-16H2,1-2H3,(H,29,33)/t19-/m0/s1. The van der Waals surface area contributed by atoms with E-state index in [1.807, 2.05) is 31.2 Å². The molecule has 0 unspecified atom stereocenters. The first-order valence-electron chi connectivity index (χ1n) is 11.6. The van der Waals surface area contributed by atoms with Gasteiger partial charge in [-0.05, 0) is 56.3 Å². The number of nitrogens with one attached hydrogen (secondary N) is 1. The predicted molar refractivity (Wildman–Crippen MR) is 138 cm³/mol. The molecule has 1 amide bonds. The van der Waals surface area contributed by atoms with Crippen molar-refractivity contribution in [1.29, 1.82) is 0 Å². The molecule has 170 valence electrons. The molecule has 33 heavy (non-hydrogen) atoms. The van der Waals surface area contributed by atoms with E-state index in [2.05, 4.69) is 69.1 Å². The lowest BCUT2D eigenvalue weighted by Crippen LogP contribution is -2.52. The monoisotopic (exact) mass is 460 g/mol. The van der Waals surface area contributed by atoms with Crippen LogP contribution in [0.15, 0.2) is 66.7 Å². The fourth-order valence-electron chi connectivity index (χ4n) is 4.92. The number of amides is 1. The number of halogens is 1. The third-order valence-electron chi connectivity index (χ3n) is 6.77. The van der Waals surface area contributed by atoms with Gasteiger partial charge >= 0.3 is 0 Å². The molecule has 5 nitrogen and oxygen atoms in total. The van der Waals surface area contributed by atoms with E-state index in [1.54, 1.807) is 0 Å². The van der Waals surface area contributed by atoms with E-state index in [0.29, 0.717) is 0 Å². The van der Waals surface area contributed by atoms with Gasteiger partial charge in [0.1, 0.15) is 0 Å². The van der Waals surface area contributed by atoms with Crippen LogP contribution in [0, 0.1) is 0 Å². The smallest absolute Gasteiger partial charge is 0.241 e. The molecule has 5 rings (SSSR count). The topological polar surface area (TPSA) is 40.5 Å². The zero-order valence-electron chi connectivity index (χ0n) is 19.1. The van der Waals surface area contributed by atoms with Crippen LogP contribution in [0.3, 0.4) is 0 Å². The van der Waals surface area contributed by atoms with E-state index < -0.39 is 0 Å². The van der Waals surface area contributed by atoms with Gasteiger partial charge in [0.25, 0.3) is 0 Å². The first-order chi connectivity index (χ1) is 16.0. The lowest BCUT2D eigenvalue weighted by molar-refractivity contribution is -0.120. The summed E-state index contributed by atoms with van der Waals surface area (Å²) in [6.07, 6.45) is 0. The van der Waals surface area contributed by atoms with E-state index in [-0.39, 0.29) is 11.9 Å². The first kappa shape index (κ1) is 21.8. The first-order valence-corrected chi connectivity index (χ1v) is 12.0. The number of anilines is 2. The Labute approximate surface area is 199 Å². The second-order valence-electron chi connectivity index (χ2n) is 8.66. The van der Waals surface area contributed by atoms with Crippen LogP contribution < -0.4 is 10.2 Å². The molecule has 4 aromatic rings. The Kier molecular flexibility index (Phi) is 6.00. The Hall–Kier alpha value is -3.02. The normalized spacial score (nSPS) is 15.8. The zero-order chi connectivity index (χ0) is 22.9. The Morgan fingerprint density at radius 3 is 2.45 bits per heavy atom. The summed E-state index contributed by atoms with van der Waals surface area (Å²) in [5.41, 5.74) is 4.40. The van der Waals surface area contributed by atoms with Crippen molar-refractivity contribution in [3.8, 4) is 0 Å². The molecular formula is C27H29ClN4O. The Balaban J connectivity index is 1.28. The molecule has 3 aromatic carbocycles. The molecule has 1 atom stereocenters.